The molecule has 1 fully saturated rings. The van der Waals surface area contributed by atoms with Crippen molar-refractivity contribution in [1.29, 1.82) is 0 Å². The van der Waals surface area contributed by atoms with E-state index in [4.69, 9.17) is 4.99 Å². The number of unbranched alkanes of at least 4 members (excludes halogenated alkanes) is 1. The summed E-state index contributed by atoms with van der Waals surface area (Å²) in [6.07, 6.45) is 4.63. The minimum Gasteiger partial charge on any atom is -0.357 e. The van der Waals surface area contributed by atoms with E-state index in [0.29, 0.717) is 0 Å². The van der Waals surface area contributed by atoms with E-state index in [0.717, 1.165) is 55.9 Å². The summed E-state index contributed by atoms with van der Waals surface area (Å²) in [5.74, 6) is 2.32. The maximum atomic E-state index is 4.85. The minimum atomic E-state index is 0. The number of thiazole rings is 1. The van der Waals surface area contributed by atoms with Crippen LogP contribution >= 0.6 is 47.1 Å². The lowest BCUT2D eigenvalue weighted by Crippen LogP contribution is -2.48. The lowest BCUT2D eigenvalue weighted by Gasteiger charge is -2.34. The second-order valence-corrected chi connectivity index (χ2v) is 8.27. The Morgan fingerprint density at radius 3 is 2.92 bits per heavy atom. The van der Waals surface area contributed by atoms with Gasteiger partial charge in [0.25, 0.3) is 0 Å². The van der Waals surface area contributed by atoms with Gasteiger partial charge in [0.2, 0.25) is 0 Å². The van der Waals surface area contributed by atoms with Crippen LogP contribution in [0.2, 0.25) is 0 Å². The number of aryl methyl sites for hydroxylation is 2. The fourth-order valence-corrected chi connectivity index (χ4v) is 4.67. The first kappa shape index (κ1) is 22.0. The highest BCUT2D eigenvalue weighted by molar-refractivity contribution is 14.0. The molecular formula is C17H31IN4S2. The van der Waals surface area contributed by atoms with Crippen molar-refractivity contribution < 1.29 is 0 Å². The lowest BCUT2D eigenvalue weighted by molar-refractivity contribution is 0.408. The van der Waals surface area contributed by atoms with E-state index < -0.39 is 0 Å². The van der Waals surface area contributed by atoms with Gasteiger partial charge in [0, 0.05) is 48.3 Å². The van der Waals surface area contributed by atoms with Gasteiger partial charge in [-0.2, -0.15) is 11.8 Å². The highest BCUT2D eigenvalue weighted by Gasteiger charge is 2.21. The van der Waals surface area contributed by atoms with Crippen molar-refractivity contribution >= 4 is 53.0 Å². The molecule has 0 bridgehead atoms. The number of nitrogens with one attached hydrogen (secondary N) is 1. The molecule has 1 N–H and O–H groups in total. The first-order valence-corrected chi connectivity index (χ1v) is 10.7. The summed E-state index contributed by atoms with van der Waals surface area (Å²) in [6, 6.07) is 0. The molecule has 1 unspecified atom stereocenters. The molecule has 2 rings (SSSR count). The second kappa shape index (κ2) is 12.4. The normalized spacial score (nSPS) is 18.4. The van der Waals surface area contributed by atoms with Crippen LogP contribution in [-0.2, 0) is 6.42 Å². The van der Waals surface area contributed by atoms with E-state index in [1.54, 1.807) is 11.3 Å². The molecule has 1 aromatic heterocycles. The maximum absolute atomic E-state index is 4.85. The number of nitrogens with zero attached hydrogens (tertiary/aromatic N) is 3. The third-order valence-corrected chi connectivity index (χ3v) is 6.35. The highest BCUT2D eigenvalue weighted by atomic mass is 127. The Kier molecular flexibility index (Phi) is 11.3. The lowest BCUT2D eigenvalue weighted by atomic mass is 10.2. The topological polar surface area (TPSA) is 40.5 Å². The van der Waals surface area contributed by atoms with Crippen LogP contribution in [0.15, 0.2) is 10.4 Å². The Morgan fingerprint density at radius 1 is 1.42 bits per heavy atom. The molecule has 0 aromatic carbocycles. The Labute approximate surface area is 172 Å². The van der Waals surface area contributed by atoms with Gasteiger partial charge in [-0.05, 0) is 39.5 Å². The first-order valence-electron chi connectivity index (χ1n) is 8.78. The summed E-state index contributed by atoms with van der Waals surface area (Å²) in [4.78, 5) is 11.8. The average molecular weight is 483 g/mol. The summed E-state index contributed by atoms with van der Waals surface area (Å²) in [7, 11) is 0. The van der Waals surface area contributed by atoms with Crippen LogP contribution in [0, 0.1) is 6.92 Å². The van der Waals surface area contributed by atoms with Crippen molar-refractivity contribution in [3.63, 3.8) is 0 Å². The molecule has 138 valence electrons. The van der Waals surface area contributed by atoms with Gasteiger partial charge in [0.15, 0.2) is 5.96 Å². The van der Waals surface area contributed by atoms with Gasteiger partial charge >= 0.3 is 0 Å². The first-order chi connectivity index (χ1) is 11.2. The molecule has 0 amide bonds. The van der Waals surface area contributed by atoms with Crippen molar-refractivity contribution in [2.45, 2.75) is 51.7 Å². The summed E-state index contributed by atoms with van der Waals surface area (Å²) < 4.78 is 0. The zero-order chi connectivity index (χ0) is 16.5. The Balaban J connectivity index is 0.00000288. The Morgan fingerprint density at radius 2 is 2.25 bits per heavy atom. The van der Waals surface area contributed by atoms with E-state index in [9.17, 15) is 0 Å². The highest BCUT2D eigenvalue weighted by Crippen LogP contribution is 2.21. The van der Waals surface area contributed by atoms with E-state index in [1.165, 1.54) is 23.6 Å². The van der Waals surface area contributed by atoms with Crippen LogP contribution in [0.3, 0.4) is 0 Å². The molecule has 2 heterocycles. The molecule has 4 nitrogen and oxygen atoms in total. The van der Waals surface area contributed by atoms with Crippen LogP contribution in [-0.4, -0.2) is 53.0 Å². The molecule has 1 saturated heterocycles. The van der Waals surface area contributed by atoms with Crippen LogP contribution in [0.25, 0.3) is 0 Å². The van der Waals surface area contributed by atoms with Crippen molar-refractivity contribution in [1.82, 2.24) is 15.2 Å². The number of aliphatic imine (C=N–C) groups is 1. The average Bonchev–Trinajstić information content (AvgIpc) is 2.99. The predicted molar refractivity (Wildman–Crippen MR) is 119 cm³/mol. The number of aromatic nitrogens is 1. The standard InChI is InChI=1S/C17H30N4S2.HI/c1-4-15-12-21(10-11-22-15)17(18-5-2)19-9-7-6-8-16-20-14(3)13-23-16;/h13,15H,4-12H2,1-3H3,(H,18,19);1H. The van der Waals surface area contributed by atoms with E-state index in [-0.39, 0.29) is 24.0 Å². The minimum absolute atomic E-state index is 0. The quantitative estimate of drug-likeness (QED) is 0.274. The van der Waals surface area contributed by atoms with Gasteiger partial charge in [-0.25, -0.2) is 4.98 Å². The van der Waals surface area contributed by atoms with Crippen molar-refractivity contribution in [3.05, 3.63) is 16.1 Å². The number of rotatable bonds is 7. The third kappa shape index (κ3) is 7.47. The number of hydrogen-bond donors (Lipinski definition) is 1. The molecule has 1 atom stereocenters. The van der Waals surface area contributed by atoms with Crippen LogP contribution < -0.4 is 5.32 Å². The molecule has 0 aliphatic carbocycles. The summed E-state index contributed by atoms with van der Waals surface area (Å²) in [6.45, 7) is 10.6. The largest absolute Gasteiger partial charge is 0.357 e. The van der Waals surface area contributed by atoms with Crippen LogP contribution in [0.1, 0.15) is 43.8 Å². The van der Waals surface area contributed by atoms with Gasteiger partial charge in [-0.1, -0.05) is 6.92 Å². The third-order valence-electron chi connectivity index (χ3n) is 3.96. The smallest absolute Gasteiger partial charge is 0.193 e. The molecule has 7 heteroatoms. The Bertz CT molecular complexity index is 493. The van der Waals surface area contributed by atoms with Gasteiger partial charge in [0.1, 0.15) is 0 Å². The van der Waals surface area contributed by atoms with Crippen LogP contribution in [0.5, 0.6) is 0 Å². The van der Waals surface area contributed by atoms with Crippen molar-refractivity contribution in [3.8, 4) is 0 Å². The van der Waals surface area contributed by atoms with Crippen LogP contribution in [0.4, 0.5) is 0 Å². The predicted octanol–water partition coefficient (Wildman–Crippen LogP) is 4.19. The fraction of sp³-hybridized carbons (Fsp3) is 0.765. The van der Waals surface area contributed by atoms with Gasteiger partial charge in [0.05, 0.1) is 5.01 Å². The molecule has 1 aromatic rings. The van der Waals surface area contributed by atoms with Gasteiger partial charge < -0.3 is 10.2 Å². The Hall–Kier alpha value is -0.0200. The molecular weight excluding hydrogens is 451 g/mol. The van der Waals surface area contributed by atoms with Gasteiger partial charge in [-0.3, -0.25) is 4.99 Å². The van der Waals surface area contributed by atoms with E-state index in [1.807, 2.05) is 0 Å². The van der Waals surface area contributed by atoms with Crippen molar-refractivity contribution in [2.24, 2.45) is 4.99 Å². The summed E-state index contributed by atoms with van der Waals surface area (Å²) >= 11 is 3.88. The molecule has 0 saturated carbocycles. The fourth-order valence-electron chi connectivity index (χ4n) is 2.68. The number of guanidine groups is 1. The second-order valence-electron chi connectivity index (χ2n) is 5.92. The number of thioether (sulfide) groups is 1. The van der Waals surface area contributed by atoms with Crippen molar-refractivity contribution in [2.75, 3.05) is 31.9 Å². The number of hydrogen-bond acceptors (Lipinski definition) is 4. The van der Waals surface area contributed by atoms with E-state index >= 15 is 0 Å². The SMILES string of the molecule is CCNC(=NCCCCc1nc(C)cs1)N1CCSC(CC)C1.I. The van der Waals surface area contributed by atoms with E-state index in [2.05, 4.69) is 53.1 Å². The zero-order valence-corrected chi connectivity index (χ0v) is 19.0. The number of halogens is 1. The summed E-state index contributed by atoms with van der Waals surface area (Å²) in [5.41, 5.74) is 1.14. The molecule has 0 spiro atoms. The monoisotopic (exact) mass is 482 g/mol. The van der Waals surface area contributed by atoms with Gasteiger partial charge in [-0.15, -0.1) is 35.3 Å². The zero-order valence-electron chi connectivity index (χ0n) is 15.1. The maximum Gasteiger partial charge on any atom is 0.193 e. The molecule has 1 aliphatic rings. The molecule has 0 radical (unpaired) electrons. The summed E-state index contributed by atoms with van der Waals surface area (Å²) in [5, 5.41) is 7.61. The molecule has 24 heavy (non-hydrogen) atoms. The molecule has 1 aliphatic heterocycles.